The lowest BCUT2D eigenvalue weighted by molar-refractivity contribution is 0.464. The molecule has 2 aliphatic heterocycles. The summed E-state index contributed by atoms with van der Waals surface area (Å²) in [5, 5.41) is 2.39. The molecule has 2 aliphatic rings. The van der Waals surface area contributed by atoms with Crippen molar-refractivity contribution < 1.29 is 9.47 Å². The Morgan fingerprint density at radius 2 is 1.00 bits per heavy atom. The van der Waals surface area contributed by atoms with E-state index >= 15 is 0 Å². The first kappa shape index (κ1) is 22.9. The quantitative estimate of drug-likeness (QED) is 0.221. The van der Waals surface area contributed by atoms with Gasteiger partial charge in [0.15, 0.2) is 0 Å². The van der Waals surface area contributed by atoms with Crippen molar-refractivity contribution in [1.82, 2.24) is 14.1 Å². The van der Waals surface area contributed by atoms with Crippen LogP contribution in [-0.2, 0) is 0 Å². The molecular formula is C37H22BN3O2. The highest BCUT2D eigenvalue weighted by Gasteiger charge is 2.40. The second-order valence-electron chi connectivity index (χ2n) is 11.2. The number of ether oxygens (including phenoxy) is 2. The van der Waals surface area contributed by atoms with Crippen LogP contribution in [0.5, 0.6) is 23.0 Å². The van der Waals surface area contributed by atoms with Crippen LogP contribution in [0, 0.1) is 0 Å². The maximum Gasteiger partial charge on any atom is 0.260 e. The Labute approximate surface area is 247 Å². The average Bonchev–Trinajstić information content (AvgIpc) is 3.60. The van der Waals surface area contributed by atoms with Gasteiger partial charge in [-0.15, -0.1) is 0 Å². The molecule has 0 radical (unpaired) electrons. The molecule has 6 heteroatoms. The van der Waals surface area contributed by atoms with Crippen LogP contribution in [-0.4, -0.2) is 20.8 Å². The highest BCUT2D eigenvalue weighted by molar-refractivity contribution is 6.98. The molecule has 0 unspecified atom stereocenters. The molecule has 10 rings (SSSR count). The Hall–Kier alpha value is -5.75. The molecule has 43 heavy (non-hydrogen) atoms. The highest BCUT2D eigenvalue weighted by atomic mass is 16.5. The maximum absolute atomic E-state index is 6.64. The lowest BCUT2D eigenvalue weighted by Crippen LogP contribution is -2.57. The van der Waals surface area contributed by atoms with Crippen molar-refractivity contribution in [3.63, 3.8) is 0 Å². The Morgan fingerprint density at radius 3 is 1.63 bits per heavy atom. The summed E-state index contributed by atoms with van der Waals surface area (Å²) in [6, 6.07) is 46.3. The third kappa shape index (κ3) is 3.09. The molecule has 0 atom stereocenters. The molecule has 0 spiro atoms. The van der Waals surface area contributed by atoms with Gasteiger partial charge in [0.05, 0.1) is 27.8 Å². The van der Waals surface area contributed by atoms with Crippen LogP contribution < -0.4 is 25.9 Å². The molecule has 4 heterocycles. The van der Waals surface area contributed by atoms with Crippen molar-refractivity contribution in [3.8, 4) is 34.6 Å². The summed E-state index contributed by atoms with van der Waals surface area (Å²) in [6.45, 7) is 0.0327. The van der Waals surface area contributed by atoms with E-state index < -0.39 is 0 Å². The van der Waals surface area contributed by atoms with Gasteiger partial charge in [-0.05, 0) is 47.3 Å². The highest BCUT2D eigenvalue weighted by Crippen LogP contribution is 2.39. The number of aromatic nitrogens is 3. The number of hydrogen-bond donors (Lipinski definition) is 0. The predicted molar refractivity (Wildman–Crippen MR) is 173 cm³/mol. The van der Waals surface area contributed by atoms with Crippen LogP contribution in [0.25, 0.3) is 44.5 Å². The first-order valence-corrected chi connectivity index (χ1v) is 14.5. The van der Waals surface area contributed by atoms with Crippen LogP contribution in [0.3, 0.4) is 0 Å². The first-order valence-electron chi connectivity index (χ1n) is 14.5. The van der Waals surface area contributed by atoms with E-state index in [0.29, 0.717) is 0 Å². The fourth-order valence-corrected chi connectivity index (χ4v) is 7.06. The van der Waals surface area contributed by atoms with Gasteiger partial charge in [0.25, 0.3) is 6.71 Å². The molecule has 0 N–H and O–H groups in total. The van der Waals surface area contributed by atoms with Gasteiger partial charge in [0.2, 0.25) is 5.95 Å². The van der Waals surface area contributed by atoms with E-state index in [4.69, 9.17) is 14.5 Å². The zero-order chi connectivity index (χ0) is 28.1. The summed E-state index contributed by atoms with van der Waals surface area (Å²) in [6.07, 6.45) is 0. The summed E-state index contributed by atoms with van der Waals surface area (Å²) < 4.78 is 17.8. The third-order valence-corrected chi connectivity index (χ3v) is 8.86. The molecule has 6 aromatic carbocycles. The number of benzene rings is 6. The molecule has 8 aromatic rings. The maximum atomic E-state index is 6.64. The van der Waals surface area contributed by atoms with Crippen molar-refractivity contribution in [2.75, 3.05) is 0 Å². The second-order valence-corrected chi connectivity index (χ2v) is 11.2. The monoisotopic (exact) mass is 551 g/mol. The zero-order valence-corrected chi connectivity index (χ0v) is 22.9. The number of rotatable bonds is 2. The molecule has 0 amide bonds. The summed E-state index contributed by atoms with van der Waals surface area (Å²) in [5.74, 6) is 4.17. The van der Waals surface area contributed by atoms with Crippen LogP contribution in [0.4, 0.5) is 0 Å². The average molecular weight is 551 g/mol. The smallest absolute Gasteiger partial charge is 0.260 e. The van der Waals surface area contributed by atoms with Crippen molar-refractivity contribution in [2.45, 2.75) is 0 Å². The third-order valence-electron chi connectivity index (χ3n) is 8.86. The molecule has 0 saturated heterocycles. The zero-order valence-electron chi connectivity index (χ0n) is 22.9. The van der Waals surface area contributed by atoms with E-state index in [-0.39, 0.29) is 6.71 Å². The van der Waals surface area contributed by atoms with Gasteiger partial charge >= 0.3 is 0 Å². The van der Waals surface area contributed by atoms with Crippen molar-refractivity contribution in [1.29, 1.82) is 0 Å². The van der Waals surface area contributed by atoms with E-state index in [1.165, 1.54) is 10.8 Å². The number of para-hydroxylation sites is 6. The molecule has 2 aromatic heterocycles. The Balaban J connectivity index is 1.29. The van der Waals surface area contributed by atoms with Crippen LogP contribution >= 0.6 is 0 Å². The SMILES string of the molecule is c1ccc2c(c1)Oc1cc(-n3c(-n4c5ccccc5c5ccccc54)nc4ccccc43)cc3c1B2c1ccccc1O3. The van der Waals surface area contributed by atoms with Gasteiger partial charge in [-0.25, -0.2) is 4.98 Å². The summed E-state index contributed by atoms with van der Waals surface area (Å²) in [5.41, 5.74) is 8.43. The molecule has 0 bridgehead atoms. The number of imidazole rings is 1. The normalized spacial score (nSPS) is 13.0. The van der Waals surface area contributed by atoms with Crippen molar-refractivity contribution in [3.05, 3.63) is 133 Å². The van der Waals surface area contributed by atoms with E-state index in [0.717, 1.165) is 73.1 Å². The van der Waals surface area contributed by atoms with Crippen molar-refractivity contribution >= 4 is 55.9 Å². The summed E-state index contributed by atoms with van der Waals surface area (Å²) >= 11 is 0. The van der Waals surface area contributed by atoms with Crippen LogP contribution in [0.15, 0.2) is 133 Å². The van der Waals surface area contributed by atoms with E-state index in [1.807, 2.05) is 18.2 Å². The standard InChI is InChI=1S/C37H22BN3O2/c1-6-16-29-24(11-1)25-12-2-7-17-30(25)41(29)37-39-28-15-5-8-18-31(28)40(37)23-21-34-36-35(22-23)43-33-20-10-4-14-27(33)38(36)26-13-3-9-19-32(26)42-34/h1-22H. The second kappa shape index (κ2) is 8.40. The lowest BCUT2D eigenvalue weighted by Gasteiger charge is -2.33. The van der Waals surface area contributed by atoms with Crippen LogP contribution in [0.1, 0.15) is 0 Å². The van der Waals surface area contributed by atoms with Gasteiger partial charge in [-0.3, -0.25) is 9.13 Å². The van der Waals surface area contributed by atoms with Gasteiger partial charge in [-0.2, -0.15) is 0 Å². The lowest BCUT2D eigenvalue weighted by atomic mass is 9.35. The van der Waals surface area contributed by atoms with Gasteiger partial charge < -0.3 is 9.47 Å². The minimum atomic E-state index is 0.0327. The van der Waals surface area contributed by atoms with Gasteiger partial charge in [0, 0.05) is 28.4 Å². The van der Waals surface area contributed by atoms with Gasteiger partial charge in [0.1, 0.15) is 23.0 Å². The van der Waals surface area contributed by atoms with Crippen molar-refractivity contribution in [2.24, 2.45) is 0 Å². The first-order chi connectivity index (χ1) is 21.3. The number of fused-ring (bicyclic) bond motifs is 8. The van der Waals surface area contributed by atoms with Gasteiger partial charge in [-0.1, -0.05) is 84.9 Å². The summed E-state index contributed by atoms with van der Waals surface area (Å²) in [7, 11) is 0. The topological polar surface area (TPSA) is 41.2 Å². The number of nitrogens with zero attached hydrogens (tertiary/aromatic N) is 3. The fraction of sp³-hybridized carbons (Fsp3) is 0. The molecule has 200 valence electrons. The largest absolute Gasteiger partial charge is 0.458 e. The Kier molecular flexibility index (Phi) is 4.47. The van der Waals surface area contributed by atoms with E-state index in [9.17, 15) is 0 Å². The molecule has 0 saturated carbocycles. The molecule has 5 nitrogen and oxygen atoms in total. The minimum absolute atomic E-state index is 0.0327. The number of hydrogen-bond acceptors (Lipinski definition) is 3. The Bertz CT molecular complexity index is 2320. The van der Waals surface area contributed by atoms with E-state index in [1.54, 1.807) is 0 Å². The minimum Gasteiger partial charge on any atom is -0.458 e. The van der Waals surface area contributed by atoms with Crippen LogP contribution in [0.2, 0.25) is 0 Å². The summed E-state index contributed by atoms with van der Waals surface area (Å²) in [4.78, 5) is 5.24. The predicted octanol–water partition coefficient (Wildman–Crippen LogP) is 6.85. The Morgan fingerprint density at radius 1 is 0.488 bits per heavy atom. The fourth-order valence-electron chi connectivity index (χ4n) is 7.06. The van der Waals surface area contributed by atoms with E-state index in [2.05, 4.69) is 124 Å². The molecule has 0 fully saturated rings. The molecule has 0 aliphatic carbocycles. The molecular weight excluding hydrogens is 529 g/mol.